The van der Waals surface area contributed by atoms with Crippen molar-refractivity contribution in [3.8, 4) is 6.01 Å². The number of sulfonamides is 1. The summed E-state index contributed by atoms with van der Waals surface area (Å²) in [5, 5.41) is 0. The van der Waals surface area contributed by atoms with Crippen molar-refractivity contribution in [3.63, 3.8) is 0 Å². The molecule has 3 heterocycles. The van der Waals surface area contributed by atoms with E-state index in [0.29, 0.717) is 70.0 Å². The lowest BCUT2D eigenvalue weighted by atomic mass is 10.2. The average Bonchev–Trinajstić information content (AvgIpc) is 3.24. The lowest BCUT2D eigenvalue weighted by Crippen LogP contribution is -2.51. The number of aromatic amines is 1. The van der Waals surface area contributed by atoms with Gasteiger partial charge in [0.1, 0.15) is 5.52 Å². The molecule has 3 N–H and O–H groups in total. The molecule has 1 aromatic carbocycles. The van der Waals surface area contributed by atoms with E-state index < -0.39 is 10.0 Å². The van der Waals surface area contributed by atoms with Gasteiger partial charge in [-0.15, -0.1) is 0 Å². The number of hydrogen-bond acceptors (Lipinski definition) is 9. The number of carbonyl (C=O) groups is 1. The third kappa shape index (κ3) is 7.58. The molecule has 0 atom stereocenters. The molecule has 0 aliphatic carbocycles. The van der Waals surface area contributed by atoms with E-state index in [9.17, 15) is 18.0 Å². The number of aromatic nitrogens is 4. The van der Waals surface area contributed by atoms with Crippen LogP contribution in [0, 0.1) is 0 Å². The predicted molar refractivity (Wildman–Crippen MR) is 152 cm³/mol. The molecule has 1 aliphatic heterocycles. The molecule has 1 aliphatic rings. The van der Waals surface area contributed by atoms with E-state index in [2.05, 4.69) is 21.9 Å². The molecular formula is C26H38N8O5S. The summed E-state index contributed by atoms with van der Waals surface area (Å²) in [4.78, 5) is 41.2. The molecule has 1 saturated heterocycles. The maximum absolute atomic E-state index is 13.4. The number of piperazine rings is 1. The summed E-state index contributed by atoms with van der Waals surface area (Å²) in [6.07, 6.45) is 3.51. The molecule has 0 spiro atoms. The molecule has 1 fully saturated rings. The molecule has 13 nitrogen and oxygen atoms in total. The van der Waals surface area contributed by atoms with Crippen LogP contribution in [0.1, 0.15) is 31.7 Å². The van der Waals surface area contributed by atoms with Crippen molar-refractivity contribution in [2.24, 2.45) is 0 Å². The third-order valence-corrected chi connectivity index (χ3v) is 8.20. The van der Waals surface area contributed by atoms with Gasteiger partial charge in [-0.1, -0.05) is 43.7 Å². The van der Waals surface area contributed by atoms with Gasteiger partial charge in [0.2, 0.25) is 15.9 Å². The largest absolute Gasteiger partial charge is 0.463 e. The summed E-state index contributed by atoms with van der Waals surface area (Å²) < 4.78 is 32.2. The fourth-order valence-electron chi connectivity index (χ4n) is 4.64. The Balaban J connectivity index is 1.44. The number of carbonyl (C=O) groups excluding carboxylic acids is 1. The number of H-pyrrole nitrogens is 1. The van der Waals surface area contributed by atoms with Crippen LogP contribution in [-0.2, 0) is 27.9 Å². The summed E-state index contributed by atoms with van der Waals surface area (Å²) in [7, 11) is -3.24. The van der Waals surface area contributed by atoms with Crippen molar-refractivity contribution in [1.29, 1.82) is 0 Å². The number of aryl methyl sites for hydroxylation is 1. The Labute approximate surface area is 234 Å². The number of nitrogens with two attached hydrogens (primary N) is 1. The Morgan fingerprint density at radius 2 is 1.85 bits per heavy atom. The molecule has 0 bridgehead atoms. The summed E-state index contributed by atoms with van der Waals surface area (Å²) in [5.41, 5.74) is 7.43. The van der Waals surface area contributed by atoms with Gasteiger partial charge in [-0.25, -0.2) is 13.2 Å². The van der Waals surface area contributed by atoms with E-state index >= 15 is 0 Å². The molecule has 0 unspecified atom stereocenters. The minimum Gasteiger partial charge on any atom is -0.463 e. The molecule has 4 rings (SSSR count). The number of anilines is 1. The van der Waals surface area contributed by atoms with Crippen molar-refractivity contribution in [2.75, 3.05) is 57.9 Å². The summed E-state index contributed by atoms with van der Waals surface area (Å²) in [6.45, 7) is 5.57. The van der Waals surface area contributed by atoms with Crippen LogP contribution in [0.5, 0.6) is 6.01 Å². The zero-order chi connectivity index (χ0) is 28.7. The molecule has 14 heteroatoms. The highest BCUT2D eigenvalue weighted by molar-refractivity contribution is 7.88. The fourth-order valence-corrected chi connectivity index (χ4v) is 5.46. The molecule has 218 valence electrons. The number of amides is 1. The number of unbranched alkanes of at least 4 members (excludes halogenated alkanes) is 1. The van der Waals surface area contributed by atoms with Gasteiger partial charge in [-0.3, -0.25) is 14.3 Å². The normalized spacial score (nSPS) is 14.9. The van der Waals surface area contributed by atoms with Crippen molar-refractivity contribution in [1.82, 2.24) is 33.6 Å². The monoisotopic (exact) mass is 574 g/mol. The standard InChI is InChI=1S/C26H38N8O5S/c1-3-4-17-39-25-29-23(27)22-24(30-25)34(26(36)28-22)12-8-11-32(18-20-9-6-5-7-10-20)21(35)19-31-13-15-33(16-14-31)40(2,37)38/h5-7,9-10H,3-4,8,11-19H2,1-2H3,(H,28,36)(H2,27,29,30). The van der Waals surface area contributed by atoms with Crippen LogP contribution in [0.2, 0.25) is 0 Å². The lowest BCUT2D eigenvalue weighted by molar-refractivity contribution is -0.133. The first kappa shape index (κ1) is 29.5. The van der Waals surface area contributed by atoms with Crippen LogP contribution in [0.4, 0.5) is 5.82 Å². The summed E-state index contributed by atoms with van der Waals surface area (Å²) in [5.74, 6) is 0.0883. The number of nitrogens with one attached hydrogen (secondary N) is 1. The molecule has 2 aromatic heterocycles. The summed E-state index contributed by atoms with van der Waals surface area (Å²) >= 11 is 0. The first-order valence-corrected chi connectivity index (χ1v) is 15.4. The van der Waals surface area contributed by atoms with E-state index in [1.54, 1.807) is 4.90 Å². The van der Waals surface area contributed by atoms with Gasteiger partial charge in [0.15, 0.2) is 11.5 Å². The summed E-state index contributed by atoms with van der Waals surface area (Å²) in [6, 6.07) is 9.84. The van der Waals surface area contributed by atoms with Gasteiger partial charge >= 0.3 is 11.7 Å². The molecule has 40 heavy (non-hydrogen) atoms. The maximum Gasteiger partial charge on any atom is 0.327 e. The van der Waals surface area contributed by atoms with Crippen LogP contribution in [-0.4, -0.2) is 100 Å². The van der Waals surface area contributed by atoms with Crippen LogP contribution in [0.25, 0.3) is 11.2 Å². The van der Waals surface area contributed by atoms with Crippen molar-refractivity contribution in [3.05, 3.63) is 46.4 Å². The molecule has 0 saturated carbocycles. The van der Waals surface area contributed by atoms with E-state index in [4.69, 9.17) is 10.5 Å². The predicted octanol–water partition coefficient (Wildman–Crippen LogP) is 0.877. The number of rotatable bonds is 13. The van der Waals surface area contributed by atoms with Crippen LogP contribution in [0.15, 0.2) is 35.1 Å². The second-order valence-corrected chi connectivity index (χ2v) is 11.9. The number of ether oxygens (including phenoxy) is 1. The van der Waals surface area contributed by atoms with Crippen LogP contribution < -0.4 is 16.2 Å². The van der Waals surface area contributed by atoms with Crippen LogP contribution in [0.3, 0.4) is 0 Å². The fraction of sp³-hybridized carbons (Fsp3) is 0.538. The Morgan fingerprint density at radius 1 is 1.12 bits per heavy atom. The smallest absolute Gasteiger partial charge is 0.327 e. The highest BCUT2D eigenvalue weighted by Gasteiger charge is 2.26. The third-order valence-electron chi connectivity index (χ3n) is 6.90. The molecule has 0 radical (unpaired) electrons. The van der Waals surface area contributed by atoms with E-state index in [0.717, 1.165) is 18.4 Å². The molecular weight excluding hydrogens is 536 g/mol. The van der Waals surface area contributed by atoms with Crippen molar-refractivity contribution in [2.45, 2.75) is 39.3 Å². The quantitative estimate of drug-likeness (QED) is 0.283. The highest BCUT2D eigenvalue weighted by Crippen LogP contribution is 2.18. The number of fused-ring (bicyclic) bond motifs is 1. The van der Waals surface area contributed by atoms with Crippen molar-refractivity contribution < 1.29 is 17.9 Å². The zero-order valence-electron chi connectivity index (χ0n) is 23.1. The molecule has 1 amide bonds. The highest BCUT2D eigenvalue weighted by atomic mass is 32.2. The Hall–Kier alpha value is -3.49. The van der Waals surface area contributed by atoms with E-state index in [1.165, 1.54) is 15.1 Å². The lowest BCUT2D eigenvalue weighted by Gasteiger charge is -2.34. The Bertz CT molecular complexity index is 1450. The van der Waals surface area contributed by atoms with E-state index in [-0.39, 0.29) is 30.0 Å². The second-order valence-electron chi connectivity index (χ2n) is 9.97. The number of hydrogen-bond donors (Lipinski definition) is 2. The number of nitrogens with zero attached hydrogens (tertiary/aromatic N) is 6. The first-order chi connectivity index (χ1) is 19.2. The van der Waals surface area contributed by atoms with Gasteiger partial charge in [0.05, 0.1) is 19.4 Å². The van der Waals surface area contributed by atoms with Crippen molar-refractivity contribution >= 4 is 32.9 Å². The van der Waals surface area contributed by atoms with Gasteiger partial charge in [-0.2, -0.15) is 14.3 Å². The maximum atomic E-state index is 13.4. The van der Waals surface area contributed by atoms with Gasteiger partial charge in [0.25, 0.3) is 0 Å². The number of imidazole rings is 1. The number of nitrogen functional groups attached to an aromatic ring is 1. The zero-order valence-corrected chi connectivity index (χ0v) is 23.9. The Kier molecular flexibility index (Phi) is 9.76. The van der Waals surface area contributed by atoms with E-state index in [1.807, 2.05) is 35.2 Å². The van der Waals surface area contributed by atoms with Crippen LogP contribution >= 0.6 is 0 Å². The van der Waals surface area contributed by atoms with Gasteiger partial charge in [-0.05, 0) is 18.4 Å². The van der Waals surface area contributed by atoms with Gasteiger partial charge < -0.3 is 20.4 Å². The molecule has 3 aromatic rings. The first-order valence-electron chi connectivity index (χ1n) is 13.5. The average molecular weight is 575 g/mol. The topological polar surface area (TPSA) is 160 Å². The second kappa shape index (κ2) is 13.2. The minimum absolute atomic E-state index is 0.0545. The number of benzene rings is 1. The minimum atomic E-state index is -3.24. The van der Waals surface area contributed by atoms with Gasteiger partial charge in [0, 0.05) is 45.8 Å². The Morgan fingerprint density at radius 3 is 2.52 bits per heavy atom. The SMILES string of the molecule is CCCCOc1nc(N)c2[nH]c(=O)n(CCCN(Cc3ccccc3)C(=O)CN3CCN(S(C)(=O)=O)CC3)c2n1.